The molecule has 1 unspecified atom stereocenters. The van der Waals surface area contributed by atoms with E-state index in [1.54, 1.807) is 10.9 Å². The molecule has 2 saturated carbocycles. The minimum Gasteiger partial charge on any atom is -0.399 e. The molecule has 3 aliphatic rings. The molecule has 41 heavy (non-hydrogen) atoms. The topological polar surface area (TPSA) is 107 Å². The highest BCUT2D eigenvalue weighted by Crippen LogP contribution is 2.50. The third kappa shape index (κ3) is 7.94. The third-order valence-corrected chi connectivity index (χ3v) is 8.25. The van der Waals surface area contributed by atoms with Crippen LogP contribution >= 0.6 is 0 Å². The second-order valence-corrected chi connectivity index (χ2v) is 12.2. The number of nitrogens with one attached hydrogen (secondary N) is 2. The highest BCUT2D eigenvalue weighted by molar-refractivity contribution is 6.62. The summed E-state index contributed by atoms with van der Waals surface area (Å²) in [5, 5.41) is 9.75. The van der Waals surface area contributed by atoms with Crippen molar-refractivity contribution in [1.82, 2.24) is 20.1 Å². The Balaban J connectivity index is 0.000000213. The molecule has 0 bridgehead atoms. The molecule has 2 N–H and O–H groups in total. The average Bonchev–Trinajstić information content (AvgIpc) is 3.84. The molecule has 3 fully saturated rings. The molecule has 9 nitrogen and oxygen atoms in total. The second-order valence-electron chi connectivity index (χ2n) is 12.2. The van der Waals surface area contributed by atoms with Crippen LogP contribution in [0.25, 0.3) is 0 Å². The lowest BCUT2D eigenvalue weighted by Gasteiger charge is -2.32. The van der Waals surface area contributed by atoms with E-state index in [-0.39, 0.29) is 29.3 Å². The number of nitrogens with zero attached hydrogens (tertiary/aromatic N) is 3. The maximum atomic E-state index is 13.9. The summed E-state index contributed by atoms with van der Waals surface area (Å²) in [6.07, 6.45) is 7.56. The van der Waals surface area contributed by atoms with Crippen LogP contribution in [0, 0.1) is 23.7 Å². The summed E-state index contributed by atoms with van der Waals surface area (Å²) in [6, 6.07) is 5.29. The molecule has 2 aromatic rings. The number of hydrogen-bond acceptors (Lipinski definition) is 6. The van der Waals surface area contributed by atoms with Gasteiger partial charge in [-0.1, -0.05) is 19.9 Å². The van der Waals surface area contributed by atoms with Gasteiger partial charge < -0.3 is 19.9 Å². The van der Waals surface area contributed by atoms with Crippen LogP contribution in [0.3, 0.4) is 0 Å². The summed E-state index contributed by atoms with van der Waals surface area (Å²) in [4.78, 5) is 26.4. The molecule has 2 aromatic heterocycles. The molecule has 0 radical (unpaired) electrons. The first-order chi connectivity index (χ1) is 19.3. The number of anilines is 1. The number of aromatic nitrogens is 3. The standard InChI is InChI=1S/C16H25N3O.C12H16BFN2O3.C2H6/c1-10(2)19-14(8-9-17-19)16(20)18-11(3)15(12-4-5-12)13-6-7-13;1-11(2)12(3,4)19-13(18-11)8-5-6-9(15-7-17)16-10(8)14;1-2/h8-13,15H,4-7H2,1-3H3,(H,18,20);5-7H,1-4H3,(H,15,16,17);1-2H3. The number of hydrogen-bond donors (Lipinski definition) is 2. The van der Waals surface area contributed by atoms with Crippen LogP contribution < -0.4 is 16.1 Å². The van der Waals surface area contributed by atoms with E-state index in [1.807, 2.05) is 61.5 Å². The zero-order chi connectivity index (χ0) is 30.5. The molecule has 2 aliphatic carbocycles. The predicted octanol–water partition coefficient (Wildman–Crippen LogP) is 5.13. The Kier molecular flexibility index (Phi) is 10.7. The first kappa shape index (κ1) is 32.7. The van der Waals surface area contributed by atoms with Crippen molar-refractivity contribution in [3.05, 3.63) is 36.0 Å². The van der Waals surface area contributed by atoms with Gasteiger partial charge in [-0.3, -0.25) is 14.3 Å². The molecule has 5 rings (SSSR count). The van der Waals surface area contributed by atoms with E-state index >= 15 is 0 Å². The van der Waals surface area contributed by atoms with Crippen LogP contribution in [0.4, 0.5) is 10.2 Å². The highest BCUT2D eigenvalue weighted by Gasteiger charge is 2.52. The number of amides is 2. The van der Waals surface area contributed by atoms with Gasteiger partial charge in [0.15, 0.2) is 0 Å². The van der Waals surface area contributed by atoms with Crippen molar-refractivity contribution in [1.29, 1.82) is 0 Å². The van der Waals surface area contributed by atoms with Gasteiger partial charge in [0.1, 0.15) is 11.5 Å². The number of carbonyl (C=O) groups excluding carboxylic acids is 2. The maximum Gasteiger partial charge on any atom is 0.499 e. The van der Waals surface area contributed by atoms with E-state index in [0.717, 1.165) is 11.8 Å². The quantitative estimate of drug-likeness (QED) is 0.246. The first-order valence-corrected chi connectivity index (χ1v) is 14.9. The fraction of sp³-hybridized carbons (Fsp3) is 0.667. The minimum absolute atomic E-state index is 0.0231. The Hall–Kier alpha value is -2.79. The SMILES string of the molecule is CC.CC(NC(=O)c1ccnn1C(C)C)C(C1CC1)C1CC1.CC1(C)OB(c2ccc(NC=O)nc2F)OC1(C)C. The Morgan fingerprint density at radius 1 is 1.05 bits per heavy atom. The van der Waals surface area contributed by atoms with Gasteiger partial charge in [-0.25, -0.2) is 4.98 Å². The largest absolute Gasteiger partial charge is 0.499 e. The minimum atomic E-state index is -0.803. The molecule has 2 amide bonds. The van der Waals surface area contributed by atoms with Gasteiger partial charge in [0.25, 0.3) is 5.91 Å². The van der Waals surface area contributed by atoms with Crippen LogP contribution in [0.1, 0.15) is 105 Å². The molecule has 11 heteroatoms. The van der Waals surface area contributed by atoms with Crippen molar-refractivity contribution in [3.8, 4) is 0 Å². The highest BCUT2D eigenvalue weighted by atomic mass is 19.1. The predicted molar refractivity (Wildman–Crippen MR) is 159 cm³/mol. The van der Waals surface area contributed by atoms with Crippen molar-refractivity contribution in [2.75, 3.05) is 5.32 Å². The van der Waals surface area contributed by atoms with Gasteiger partial charge in [0, 0.05) is 23.7 Å². The van der Waals surface area contributed by atoms with Gasteiger partial charge in [-0.05, 0) is 104 Å². The summed E-state index contributed by atoms with van der Waals surface area (Å²) in [5.74, 6) is 1.85. The summed E-state index contributed by atoms with van der Waals surface area (Å²) in [5.41, 5.74) is -0.180. The van der Waals surface area contributed by atoms with Crippen molar-refractivity contribution in [2.24, 2.45) is 17.8 Å². The Morgan fingerprint density at radius 3 is 2.07 bits per heavy atom. The summed E-state index contributed by atoms with van der Waals surface area (Å²) in [6.45, 7) is 17.8. The number of halogens is 1. The van der Waals surface area contributed by atoms with Crippen molar-refractivity contribution in [2.45, 2.75) is 111 Å². The van der Waals surface area contributed by atoms with Crippen LogP contribution in [0.15, 0.2) is 24.4 Å². The molecule has 1 atom stereocenters. The van der Waals surface area contributed by atoms with Crippen molar-refractivity contribution in [3.63, 3.8) is 0 Å². The zero-order valence-corrected chi connectivity index (χ0v) is 26.0. The normalized spacial score (nSPS) is 19.6. The average molecular weight is 572 g/mol. The summed E-state index contributed by atoms with van der Waals surface area (Å²) < 4.78 is 27.2. The molecule has 1 saturated heterocycles. The van der Waals surface area contributed by atoms with Crippen LogP contribution in [-0.2, 0) is 14.1 Å². The van der Waals surface area contributed by atoms with Crippen LogP contribution in [0.5, 0.6) is 0 Å². The first-order valence-electron chi connectivity index (χ1n) is 14.9. The maximum absolute atomic E-state index is 13.9. The van der Waals surface area contributed by atoms with E-state index in [9.17, 15) is 14.0 Å². The number of carbonyl (C=O) groups is 2. The van der Waals surface area contributed by atoms with Crippen LogP contribution in [-0.4, -0.2) is 51.4 Å². The van der Waals surface area contributed by atoms with E-state index in [1.165, 1.54) is 37.8 Å². The molecular formula is C30H47BFN5O4. The zero-order valence-electron chi connectivity index (χ0n) is 26.0. The molecule has 0 spiro atoms. The second kappa shape index (κ2) is 13.5. The Morgan fingerprint density at radius 2 is 1.61 bits per heavy atom. The van der Waals surface area contributed by atoms with Gasteiger partial charge in [0.2, 0.25) is 12.4 Å². The fourth-order valence-electron chi connectivity index (χ4n) is 5.18. The molecule has 0 aromatic carbocycles. The summed E-state index contributed by atoms with van der Waals surface area (Å²) >= 11 is 0. The summed E-state index contributed by atoms with van der Waals surface area (Å²) in [7, 11) is -0.803. The van der Waals surface area contributed by atoms with Crippen molar-refractivity contribution < 1.29 is 23.3 Å². The third-order valence-electron chi connectivity index (χ3n) is 8.25. The van der Waals surface area contributed by atoms with Gasteiger partial charge in [-0.2, -0.15) is 9.49 Å². The van der Waals surface area contributed by atoms with Gasteiger partial charge in [-0.15, -0.1) is 0 Å². The van der Waals surface area contributed by atoms with Gasteiger partial charge in [0.05, 0.1) is 11.2 Å². The molecule has 226 valence electrons. The van der Waals surface area contributed by atoms with Crippen LogP contribution in [0.2, 0.25) is 0 Å². The molecule has 3 heterocycles. The monoisotopic (exact) mass is 571 g/mol. The lowest BCUT2D eigenvalue weighted by molar-refractivity contribution is -0.105. The lowest BCUT2D eigenvalue weighted by Crippen LogP contribution is -2.41. The van der Waals surface area contributed by atoms with E-state index in [4.69, 9.17) is 9.31 Å². The number of pyridine rings is 1. The molecular weight excluding hydrogens is 524 g/mol. The number of rotatable bonds is 9. The van der Waals surface area contributed by atoms with E-state index in [0.29, 0.717) is 18.0 Å². The molecule has 1 aliphatic heterocycles. The lowest BCUT2D eigenvalue weighted by atomic mass is 9.80. The van der Waals surface area contributed by atoms with Gasteiger partial charge >= 0.3 is 7.12 Å². The van der Waals surface area contributed by atoms with E-state index < -0.39 is 24.3 Å². The Bertz CT molecular complexity index is 1150. The fourth-order valence-corrected chi connectivity index (χ4v) is 5.18. The van der Waals surface area contributed by atoms with Crippen molar-refractivity contribution >= 4 is 30.7 Å². The van der Waals surface area contributed by atoms with E-state index in [2.05, 4.69) is 27.6 Å². The Labute approximate surface area is 244 Å². The smallest absolute Gasteiger partial charge is 0.399 e.